The molecule has 0 aromatic heterocycles. The minimum Gasteiger partial charge on any atom is -0.471 e. The molecule has 6 nitrogen and oxygen atoms in total. The number of methoxy groups -OCH3 is 1. The summed E-state index contributed by atoms with van der Waals surface area (Å²) in [6.45, 7) is 11.9. The molecule has 3 atom stereocenters. The summed E-state index contributed by atoms with van der Waals surface area (Å²) < 4.78 is 3.86. The molecule has 1 saturated heterocycles. The van der Waals surface area contributed by atoms with Gasteiger partial charge in [0.15, 0.2) is 0 Å². The molecule has 1 N–H and O–H groups in total. The SMILES string of the molecule is CC1=C/C2=C\C(C)CC(C)Cc3cc(C=O)ccc3/C(C)=C(\CC3CCN(C)C3)N2C=C1.CNC.COC=O. The van der Waals surface area contributed by atoms with Crippen molar-refractivity contribution in [2.24, 2.45) is 17.8 Å². The van der Waals surface area contributed by atoms with Crippen LogP contribution in [0.5, 0.6) is 0 Å². The van der Waals surface area contributed by atoms with Crippen molar-refractivity contribution in [2.75, 3.05) is 41.3 Å². The van der Waals surface area contributed by atoms with Crippen LogP contribution in [0, 0.1) is 17.8 Å². The van der Waals surface area contributed by atoms with Gasteiger partial charge in [0, 0.05) is 29.7 Å². The predicted octanol–water partition coefficient (Wildman–Crippen LogP) is 6.07. The second-order valence-electron chi connectivity index (χ2n) is 11.2. The van der Waals surface area contributed by atoms with E-state index in [1.54, 1.807) is 0 Å². The van der Waals surface area contributed by atoms with Crippen LogP contribution < -0.4 is 5.32 Å². The molecule has 0 aliphatic carbocycles. The monoisotopic (exact) mass is 535 g/mol. The summed E-state index contributed by atoms with van der Waals surface area (Å²) in [5.41, 5.74) is 8.74. The summed E-state index contributed by atoms with van der Waals surface area (Å²) in [4.78, 5) is 25.4. The first-order valence-electron chi connectivity index (χ1n) is 14.1. The number of hydrogen-bond acceptors (Lipinski definition) is 6. The lowest BCUT2D eigenvalue weighted by atomic mass is 9.87. The van der Waals surface area contributed by atoms with Crippen LogP contribution in [-0.2, 0) is 16.0 Å². The van der Waals surface area contributed by atoms with Crippen LogP contribution in [0.15, 0.2) is 59.6 Å². The molecule has 0 bridgehead atoms. The zero-order valence-electron chi connectivity index (χ0n) is 25.3. The highest BCUT2D eigenvalue weighted by molar-refractivity contribution is 5.78. The highest BCUT2D eigenvalue weighted by Gasteiger charge is 2.27. The van der Waals surface area contributed by atoms with Gasteiger partial charge in [-0.3, -0.25) is 9.59 Å². The lowest BCUT2D eigenvalue weighted by Gasteiger charge is -2.32. The van der Waals surface area contributed by atoms with Crippen molar-refractivity contribution in [2.45, 2.75) is 53.4 Å². The van der Waals surface area contributed by atoms with Crippen LogP contribution in [0.4, 0.5) is 0 Å². The molecule has 0 radical (unpaired) electrons. The molecule has 39 heavy (non-hydrogen) atoms. The maximum atomic E-state index is 11.5. The number of benzene rings is 1. The Morgan fingerprint density at radius 1 is 1.15 bits per heavy atom. The van der Waals surface area contributed by atoms with Crippen molar-refractivity contribution in [1.82, 2.24) is 15.1 Å². The number of ether oxygens (including phenoxy) is 1. The van der Waals surface area contributed by atoms with E-state index in [1.165, 1.54) is 53.7 Å². The van der Waals surface area contributed by atoms with E-state index in [-0.39, 0.29) is 0 Å². The summed E-state index contributed by atoms with van der Waals surface area (Å²) in [5, 5.41) is 2.75. The van der Waals surface area contributed by atoms with Gasteiger partial charge in [-0.25, -0.2) is 0 Å². The van der Waals surface area contributed by atoms with Crippen LogP contribution in [-0.4, -0.2) is 63.9 Å². The third-order valence-corrected chi connectivity index (χ3v) is 7.40. The van der Waals surface area contributed by atoms with E-state index in [0.29, 0.717) is 24.2 Å². The number of carbonyl (C=O) groups is 2. The number of likely N-dealkylation sites (tertiary alicyclic amines) is 1. The summed E-state index contributed by atoms with van der Waals surface area (Å²) in [5.74, 6) is 1.72. The molecule has 3 aliphatic rings. The Hall–Kier alpha value is -2.96. The van der Waals surface area contributed by atoms with Gasteiger partial charge in [0.25, 0.3) is 6.47 Å². The average molecular weight is 536 g/mol. The first kappa shape index (κ1) is 32.3. The van der Waals surface area contributed by atoms with E-state index in [2.05, 4.69) is 91.2 Å². The van der Waals surface area contributed by atoms with Gasteiger partial charge in [-0.15, -0.1) is 0 Å². The highest BCUT2D eigenvalue weighted by atomic mass is 16.5. The minimum absolute atomic E-state index is 0.375. The number of hydrogen-bond donors (Lipinski definition) is 1. The molecule has 3 heterocycles. The third kappa shape index (κ3) is 9.63. The molecule has 6 heteroatoms. The highest BCUT2D eigenvalue weighted by Crippen LogP contribution is 2.37. The number of carbonyl (C=O) groups excluding carboxylic acids is 2. The molecule has 1 aromatic rings. The topological polar surface area (TPSA) is 61.9 Å². The first-order valence-corrected chi connectivity index (χ1v) is 14.1. The number of nitrogens with zero attached hydrogens (tertiary/aromatic N) is 2. The fourth-order valence-corrected chi connectivity index (χ4v) is 5.73. The molecule has 4 rings (SSSR count). The van der Waals surface area contributed by atoms with E-state index in [1.807, 2.05) is 20.2 Å². The van der Waals surface area contributed by atoms with Crippen molar-refractivity contribution in [3.05, 3.63) is 76.3 Å². The molecule has 1 fully saturated rings. The van der Waals surface area contributed by atoms with E-state index in [0.717, 1.165) is 37.7 Å². The van der Waals surface area contributed by atoms with Gasteiger partial charge < -0.3 is 19.9 Å². The fraction of sp³-hybridized carbons (Fsp3) is 0.515. The predicted molar refractivity (Wildman–Crippen MR) is 162 cm³/mol. The Morgan fingerprint density at radius 3 is 2.44 bits per heavy atom. The lowest BCUT2D eigenvalue weighted by molar-refractivity contribution is -0.126. The second kappa shape index (κ2) is 16.2. The normalized spacial score (nSPS) is 26.2. The van der Waals surface area contributed by atoms with Gasteiger partial charge in [0.05, 0.1) is 7.11 Å². The summed E-state index contributed by atoms with van der Waals surface area (Å²) in [6.07, 6.45) is 14.8. The molecular weight excluding hydrogens is 486 g/mol. The van der Waals surface area contributed by atoms with E-state index < -0.39 is 0 Å². The maximum Gasteiger partial charge on any atom is 0.292 e. The molecule has 214 valence electrons. The quantitative estimate of drug-likeness (QED) is 0.472. The second-order valence-corrected chi connectivity index (χ2v) is 11.2. The van der Waals surface area contributed by atoms with Crippen LogP contribution in [0.25, 0.3) is 5.57 Å². The number of allylic oxidation sites excluding steroid dienone is 6. The van der Waals surface area contributed by atoms with Crippen molar-refractivity contribution in [3.63, 3.8) is 0 Å². The minimum atomic E-state index is 0.375. The number of rotatable bonds is 4. The maximum absolute atomic E-state index is 11.5. The largest absolute Gasteiger partial charge is 0.471 e. The van der Waals surface area contributed by atoms with Crippen LogP contribution >= 0.6 is 0 Å². The summed E-state index contributed by atoms with van der Waals surface area (Å²) in [6, 6.07) is 6.29. The number of fused-ring (bicyclic) bond motifs is 2. The average Bonchev–Trinajstić information content (AvgIpc) is 3.31. The van der Waals surface area contributed by atoms with Gasteiger partial charge in [-0.05, 0) is 125 Å². The Balaban J connectivity index is 0.000000686. The molecule has 3 aliphatic heterocycles. The van der Waals surface area contributed by atoms with Gasteiger partial charge in [-0.2, -0.15) is 0 Å². The summed E-state index contributed by atoms with van der Waals surface area (Å²) >= 11 is 0. The van der Waals surface area contributed by atoms with Crippen molar-refractivity contribution in [1.29, 1.82) is 0 Å². The molecule has 1 aromatic carbocycles. The molecule has 0 saturated carbocycles. The van der Waals surface area contributed by atoms with Crippen molar-refractivity contribution < 1.29 is 14.3 Å². The van der Waals surface area contributed by atoms with E-state index in [4.69, 9.17) is 4.79 Å². The first-order chi connectivity index (χ1) is 18.7. The molecule has 0 spiro atoms. The Bertz CT molecular complexity index is 1090. The van der Waals surface area contributed by atoms with E-state index >= 15 is 0 Å². The third-order valence-electron chi connectivity index (χ3n) is 7.40. The standard InChI is InChI=1S/C29H38N2O.C2H7N.C2H4O2/c1-20-8-11-31-27(14-20)15-22(3)12-21(2)13-26-16-25(19-32)6-7-28(26)23(4)29(31)17-24-9-10-30(5)18-24;1-3-2;1-4-2-3/h6-8,11,14-16,19,21-22,24H,9-10,12-13,17-18H2,1-5H3;3H,1-2H3;2H,1H3/b27-15+,29-23+;;. The van der Waals surface area contributed by atoms with Crippen LogP contribution in [0.2, 0.25) is 0 Å². The zero-order valence-corrected chi connectivity index (χ0v) is 25.3. The van der Waals surface area contributed by atoms with Gasteiger partial charge in [0.2, 0.25) is 0 Å². The Labute approximate surface area is 236 Å². The van der Waals surface area contributed by atoms with Gasteiger partial charge in [0.1, 0.15) is 6.29 Å². The van der Waals surface area contributed by atoms with Crippen molar-refractivity contribution >= 4 is 18.3 Å². The van der Waals surface area contributed by atoms with Crippen molar-refractivity contribution in [3.8, 4) is 0 Å². The van der Waals surface area contributed by atoms with Gasteiger partial charge in [-0.1, -0.05) is 32.1 Å². The number of aldehydes is 1. The van der Waals surface area contributed by atoms with Gasteiger partial charge >= 0.3 is 0 Å². The van der Waals surface area contributed by atoms with Crippen LogP contribution in [0.1, 0.15) is 68.4 Å². The Morgan fingerprint density at radius 2 is 1.85 bits per heavy atom. The fourth-order valence-electron chi connectivity index (χ4n) is 5.73. The Kier molecular flexibility index (Phi) is 13.4. The molecular formula is C33H49N3O3. The number of nitrogens with one attached hydrogen (secondary N) is 1. The molecule has 0 amide bonds. The summed E-state index contributed by atoms with van der Waals surface area (Å²) in [7, 11) is 7.29. The molecule has 3 unspecified atom stereocenters. The zero-order chi connectivity index (χ0) is 28.9. The van der Waals surface area contributed by atoms with Crippen LogP contribution in [0.3, 0.4) is 0 Å². The lowest BCUT2D eigenvalue weighted by Crippen LogP contribution is -2.22. The smallest absolute Gasteiger partial charge is 0.292 e. The van der Waals surface area contributed by atoms with E-state index in [9.17, 15) is 4.79 Å².